The molecule has 9 atom stereocenters. The van der Waals surface area contributed by atoms with Crippen molar-refractivity contribution in [3.05, 3.63) is 23.8 Å². The van der Waals surface area contributed by atoms with Crippen molar-refractivity contribution in [2.75, 3.05) is 24.7 Å². The van der Waals surface area contributed by atoms with E-state index in [2.05, 4.69) is 27.7 Å². The molecule has 4 saturated carbocycles. The number of nitrogens with two attached hydrogens (primary N) is 2. The lowest BCUT2D eigenvalue weighted by Gasteiger charge is -2.61. The Morgan fingerprint density at radius 2 is 1.61 bits per heavy atom. The third-order valence-corrected chi connectivity index (χ3v) is 12.7. The van der Waals surface area contributed by atoms with Gasteiger partial charge in [0.2, 0.25) is 0 Å². The molecule has 0 radical (unpaired) electrons. The highest BCUT2D eigenvalue weighted by Gasteiger charge is 2.60. The van der Waals surface area contributed by atoms with Crippen LogP contribution >= 0.6 is 0 Å². The Hall–Kier alpha value is -1.22. The molecule has 4 N–H and O–H groups in total. The second-order valence-corrected chi connectivity index (χ2v) is 15.0. The van der Waals surface area contributed by atoms with E-state index in [-0.39, 0.29) is 0 Å². The SMILES string of the molecule is CC(CCC[C@@H](C)[C@H]1CC[C@H]2[C@@H]3CCC4CCCC[C@]4(C)[C@H]3CC[C@]12C)COCCc1cc(N)cc(N)c1. The summed E-state index contributed by atoms with van der Waals surface area (Å²) in [4.78, 5) is 0. The molecule has 4 fully saturated rings. The third kappa shape index (κ3) is 5.65. The molecule has 5 rings (SSSR count). The number of ether oxygens (including phenoxy) is 1. The second-order valence-electron chi connectivity index (χ2n) is 15.0. The van der Waals surface area contributed by atoms with Crippen LogP contribution in [0.4, 0.5) is 11.4 Å². The van der Waals surface area contributed by atoms with E-state index in [9.17, 15) is 0 Å². The minimum atomic E-state index is 0.609. The van der Waals surface area contributed by atoms with E-state index >= 15 is 0 Å². The van der Waals surface area contributed by atoms with Crippen molar-refractivity contribution >= 4 is 11.4 Å². The summed E-state index contributed by atoms with van der Waals surface area (Å²) in [6.45, 7) is 12.0. The van der Waals surface area contributed by atoms with Crippen LogP contribution in [0.2, 0.25) is 0 Å². The number of hydrogen-bond donors (Lipinski definition) is 2. The van der Waals surface area contributed by atoms with Crippen molar-refractivity contribution < 1.29 is 4.74 Å². The van der Waals surface area contributed by atoms with Gasteiger partial charge in [-0.2, -0.15) is 0 Å². The fourth-order valence-corrected chi connectivity index (χ4v) is 10.7. The highest BCUT2D eigenvalue weighted by molar-refractivity contribution is 5.54. The van der Waals surface area contributed by atoms with Gasteiger partial charge in [0.1, 0.15) is 0 Å². The van der Waals surface area contributed by atoms with Crippen molar-refractivity contribution in [1.29, 1.82) is 0 Å². The summed E-state index contributed by atoms with van der Waals surface area (Å²) >= 11 is 0. The van der Waals surface area contributed by atoms with E-state index in [4.69, 9.17) is 16.2 Å². The molecule has 0 aliphatic heterocycles. The second kappa shape index (κ2) is 11.7. The van der Waals surface area contributed by atoms with Crippen LogP contribution < -0.4 is 11.5 Å². The van der Waals surface area contributed by atoms with Crippen molar-refractivity contribution in [3.8, 4) is 0 Å². The molecule has 0 saturated heterocycles. The van der Waals surface area contributed by atoms with Gasteiger partial charge in [-0.3, -0.25) is 0 Å². The zero-order chi connectivity index (χ0) is 26.9. The molecule has 214 valence electrons. The first-order valence-electron chi connectivity index (χ1n) is 16.4. The molecular weight excluding hydrogens is 464 g/mol. The van der Waals surface area contributed by atoms with E-state index in [0.717, 1.165) is 66.5 Å². The van der Waals surface area contributed by atoms with Crippen LogP contribution in [0.15, 0.2) is 18.2 Å². The molecule has 2 unspecified atom stereocenters. The van der Waals surface area contributed by atoms with Gasteiger partial charge in [0.05, 0.1) is 6.61 Å². The first kappa shape index (κ1) is 28.3. The zero-order valence-electron chi connectivity index (χ0n) is 25.2. The first-order chi connectivity index (χ1) is 18.2. The summed E-state index contributed by atoms with van der Waals surface area (Å²) in [7, 11) is 0. The largest absolute Gasteiger partial charge is 0.399 e. The van der Waals surface area contributed by atoms with E-state index in [0.29, 0.717) is 16.7 Å². The van der Waals surface area contributed by atoms with Crippen LogP contribution in [0, 0.1) is 52.3 Å². The van der Waals surface area contributed by atoms with Crippen LogP contribution in [0.1, 0.15) is 117 Å². The van der Waals surface area contributed by atoms with Crippen LogP contribution in [0.3, 0.4) is 0 Å². The Morgan fingerprint density at radius 1 is 0.842 bits per heavy atom. The van der Waals surface area contributed by atoms with E-state index < -0.39 is 0 Å². The summed E-state index contributed by atoms with van der Waals surface area (Å²) in [5.41, 5.74) is 15.8. The Kier molecular flexibility index (Phi) is 8.73. The average Bonchev–Trinajstić information content (AvgIpc) is 3.23. The Morgan fingerprint density at radius 3 is 2.39 bits per heavy atom. The van der Waals surface area contributed by atoms with Crippen molar-refractivity contribution in [1.82, 2.24) is 0 Å². The molecule has 38 heavy (non-hydrogen) atoms. The summed E-state index contributed by atoms with van der Waals surface area (Å²) < 4.78 is 6.04. The summed E-state index contributed by atoms with van der Waals surface area (Å²) in [5.74, 6) is 6.56. The van der Waals surface area contributed by atoms with Gasteiger partial charge in [0.25, 0.3) is 0 Å². The van der Waals surface area contributed by atoms with Crippen LogP contribution in [-0.2, 0) is 11.2 Å². The fraction of sp³-hybridized carbons (Fsp3) is 0.829. The highest BCUT2D eigenvalue weighted by Crippen LogP contribution is 2.68. The van der Waals surface area contributed by atoms with Crippen LogP contribution in [0.5, 0.6) is 0 Å². The van der Waals surface area contributed by atoms with E-state index in [1.807, 2.05) is 18.2 Å². The molecule has 0 heterocycles. The molecule has 1 aromatic carbocycles. The molecule has 0 amide bonds. The minimum absolute atomic E-state index is 0.609. The standard InChI is InChI=1S/C35H58N2O/c1-24(23-38-19-16-26-20-28(36)22-29(37)21-26)8-7-9-25(2)31-13-14-32-30-12-11-27-10-5-6-17-34(27,3)33(30)15-18-35(31,32)4/h20-22,24-25,27,30-33H,5-19,23,36-37H2,1-4H3/t24?,25-,27?,30+,31-,32+,33+,34+,35-/m1/s1. The number of fused-ring (bicyclic) bond motifs is 5. The van der Waals surface area contributed by atoms with Gasteiger partial charge in [0.15, 0.2) is 0 Å². The summed E-state index contributed by atoms with van der Waals surface area (Å²) in [6.07, 6.45) is 20.1. The number of rotatable bonds is 10. The predicted molar refractivity (Wildman–Crippen MR) is 162 cm³/mol. The monoisotopic (exact) mass is 522 g/mol. The Bertz CT molecular complexity index is 910. The van der Waals surface area contributed by atoms with Gasteiger partial charge >= 0.3 is 0 Å². The van der Waals surface area contributed by atoms with Crippen LogP contribution in [-0.4, -0.2) is 13.2 Å². The molecule has 0 bridgehead atoms. The number of benzene rings is 1. The lowest BCUT2D eigenvalue weighted by Crippen LogP contribution is -2.53. The Balaban J connectivity index is 1.06. The fourth-order valence-electron chi connectivity index (χ4n) is 10.7. The molecule has 1 aromatic rings. The smallest absolute Gasteiger partial charge is 0.0506 e. The van der Waals surface area contributed by atoms with Gasteiger partial charge in [0, 0.05) is 18.0 Å². The van der Waals surface area contributed by atoms with Crippen molar-refractivity contribution in [2.45, 2.75) is 118 Å². The number of anilines is 2. The van der Waals surface area contributed by atoms with E-state index in [1.165, 1.54) is 82.6 Å². The normalized spacial score (nSPS) is 38.2. The average molecular weight is 523 g/mol. The molecular formula is C35H58N2O. The maximum atomic E-state index is 6.04. The molecule has 4 aliphatic rings. The maximum Gasteiger partial charge on any atom is 0.0506 e. The van der Waals surface area contributed by atoms with Crippen molar-refractivity contribution in [3.63, 3.8) is 0 Å². The summed E-state index contributed by atoms with van der Waals surface area (Å²) in [6, 6.07) is 5.82. The topological polar surface area (TPSA) is 61.3 Å². The lowest BCUT2D eigenvalue weighted by atomic mass is 9.44. The molecule has 0 aromatic heterocycles. The lowest BCUT2D eigenvalue weighted by molar-refractivity contribution is -0.114. The van der Waals surface area contributed by atoms with Crippen molar-refractivity contribution in [2.24, 2.45) is 52.3 Å². The van der Waals surface area contributed by atoms with Gasteiger partial charge in [-0.05, 0) is 140 Å². The van der Waals surface area contributed by atoms with Gasteiger partial charge in [-0.25, -0.2) is 0 Å². The quantitative estimate of drug-likeness (QED) is 0.238. The first-order valence-corrected chi connectivity index (χ1v) is 16.4. The minimum Gasteiger partial charge on any atom is -0.399 e. The third-order valence-electron chi connectivity index (χ3n) is 12.7. The molecule has 3 nitrogen and oxygen atoms in total. The van der Waals surface area contributed by atoms with Crippen LogP contribution in [0.25, 0.3) is 0 Å². The Labute approximate surface area is 234 Å². The van der Waals surface area contributed by atoms with Gasteiger partial charge in [-0.1, -0.05) is 53.4 Å². The highest BCUT2D eigenvalue weighted by atomic mass is 16.5. The molecule has 3 heteroatoms. The molecule has 0 spiro atoms. The zero-order valence-corrected chi connectivity index (χ0v) is 25.2. The number of hydrogen-bond acceptors (Lipinski definition) is 3. The van der Waals surface area contributed by atoms with E-state index in [1.54, 1.807) is 6.42 Å². The summed E-state index contributed by atoms with van der Waals surface area (Å²) in [5, 5.41) is 0. The predicted octanol–water partition coefficient (Wildman–Crippen LogP) is 8.90. The molecule has 4 aliphatic carbocycles. The van der Waals surface area contributed by atoms with Gasteiger partial charge in [-0.15, -0.1) is 0 Å². The van der Waals surface area contributed by atoms with Gasteiger partial charge < -0.3 is 16.2 Å². The maximum absolute atomic E-state index is 6.04. The number of nitrogen functional groups attached to an aromatic ring is 2.